The lowest BCUT2D eigenvalue weighted by Crippen LogP contribution is -1.94. The third-order valence-corrected chi connectivity index (χ3v) is 9.12. The molecule has 0 fully saturated rings. The summed E-state index contributed by atoms with van der Waals surface area (Å²) in [5.41, 5.74) is 12.0. The summed E-state index contributed by atoms with van der Waals surface area (Å²) in [4.78, 5) is 0. The molecule has 1 aromatic heterocycles. The summed E-state index contributed by atoms with van der Waals surface area (Å²) in [5, 5.41) is 7.41. The SMILES string of the molecule is C1=Cc2cc3oc4cccc(-c5c6ccccc6c(-c6ccccc6-c6ccccc6)c6ccccc56)c4c3cc2CC1. The molecule has 0 amide bonds. The fraction of sp³-hybridized carbons (Fsp3) is 0.0476. The molecule has 0 spiro atoms. The highest BCUT2D eigenvalue weighted by Crippen LogP contribution is 2.48. The highest BCUT2D eigenvalue weighted by atomic mass is 16.3. The molecule has 0 saturated carbocycles. The molecule has 9 rings (SSSR count). The summed E-state index contributed by atoms with van der Waals surface area (Å²) in [7, 11) is 0. The summed E-state index contributed by atoms with van der Waals surface area (Å²) < 4.78 is 6.53. The molecule has 1 nitrogen and oxygen atoms in total. The number of hydrogen-bond acceptors (Lipinski definition) is 1. The Morgan fingerprint density at radius 1 is 0.465 bits per heavy atom. The van der Waals surface area contributed by atoms with Gasteiger partial charge in [0, 0.05) is 10.8 Å². The van der Waals surface area contributed by atoms with Gasteiger partial charge < -0.3 is 4.42 Å². The predicted octanol–water partition coefficient (Wildman–Crippen LogP) is 11.9. The second-order valence-corrected chi connectivity index (χ2v) is 11.5. The fourth-order valence-electron chi connectivity index (χ4n) is 7.24. The molecule has 43 heavy (non-hydrogen) atoms. The van der Waals surface area contributed by atoms with Gasteiger partial charge >= 0.3 is 0 Å². The van der Waals surface area contributed by atoms with Crippen LogP contribution in [0.4, 0.5) is 0 Å². The molecule has 1 heteroatoms. The third kappa shape index (κ3) is 3.72. The first-order valence-electron chi connectivity index (χ1n) is 15.1. The number of aryl methyl sites for hydroxylation is 1. The van der Waals surface area contributed by atoms with Gasteiger partial charge in [0.15, 0.2) is 0 Å². The van der Waals surface area contributed by atoms with Crippen LogP contribution in [0.5, 0.6) is 0 Å². The molecule has 202 valence electrons. The van der Waals surface area contributed by atoms with Gasteiger partial charge in [0.25, 0.3) is 0 Å². The maximum Gasteiger partial charge on any atom is 0.136 e. The van der Waals surface area contributed by atoms with Gasteiger partial charge in [0.2, 0.25) is 0 Å². The van der Waals surface area contributed by atoms with E-state index in [4.69, 9.17) is 4.42 Å². The smallest absolute Gasteiger partial charge is 0.136 e. The molecule has 0 bridgehead atoms. The maximum atomic E-state index is 6.53. The van der Waals surface area contributed by atoms with Crippen LogP contribution in [0.1, 0.15) is 17.5 Å². The Bertz CT molecular complexity index is 2330. The van der Waals surface area contributed by atoms with Gasteiger partial charge in [-0.1, -0.05) is 127 Å². The molecule has 0 aliphatic heterocycles. The quantitative estimate of drug-likeness (QED) is 0.200. The minimum atomic E-state index is 0.936. The Morgan fingerprint density at radius 3 is 1.79 bits per heavy atom. The van der Waals surface area contributed by atoms with E-state index >= 15 is 0 Å². The van der Waals surface area contributed by atoms with E-state index in [1.807, 2.05) is 0 Å². The molecule has 1 heterocycles. The normalized spacial score (nSPS) is 12.8. The van der Waals surface area contributed by atoms with Crippen molar-refractivity contribution in [3.63, 3.8) is 0 Å². The second-order valence-electron chi connectivity index (χ2n) is 11.5. The number of benzene rings is 7. The van der Waals surface area contributed by atoms with E-state index in [0.29, 0.717) is 0 Å². The average molecular weight is 549 g/mol. The molecule has 0 saturated heterocycles. The molecule has 0 unspecified atom stereocenters. The van der Waals surface area contributed by atoms with Gasteiger partial charge in [-0.3, -0.25) is 0 Å². The Hall–Kier alpha value is -5.40. The average Bonchev–Trinajstić information content (AvgIpc) is 3.44. The highest BCUT2D eigenvalue weighted by Gasteiger charge is 2.22. The molecule has 8 aromatic rings. The molecule has 0 radical (unpaired) electrons. The number of rotatable bonds is 3. The first-order valence-corrected chi connectivity index (χ1v) is 15.1. The largest absolute Gasteiger partial charge is 0.456 e. The number of hydrogen-bond donors (Lipinski definition) is 0. The Labute approximate surface area is 250 Å². The monoisotopic (exact) mass is 548 g/mol. The van der Waals surface area contributed by atoms with Crippen LogP contribution in [0.3, 0.4) is 0 Å². The van der Waals surface area contributed by atoms with Crippen LogP contribution in [0.25, 0.3) is 82.9 Å². The molecule has 0 atom stereocenters. The number of furan rings is 1. The van der Waals surface area contributed by atoms with Crippen LogP contribution in [-0.4, -0.2) is 0 Å². The van der Waals surface area contributed by atoms with Gasteiger partial charge in [0.1, 0.15) is 11.2 Å². The van der Waals surface area contributed by atoms with Gasteiger partial charge in [-0.25, -0.2) is 0 Å². The summed E-state index contributed by atoms with van der Waals surface area (Å²) >= 11 is 0. The lowest BCUT2D eigenvalue weighted by Gasteiger charge is -2.20. The molecule has 7 aromatic carbocycles. The van der Waals surface area contributed by atoms with Crippen molar-refractivity contribution >= 4 is 49.6 Å². The van der Waals surface area contributed by atoms with Gasteiger partial charge in [-0.15, -0.1) is 0 Å². The third-order valence-electron chi connectivity index (χ3n) is 9.12. The number of allylic oxidation sites excluding steroid dienone is 1. The van der Waals surface area contributed by atoms with E-state index < -0.39 is 0 Å². The Morgan fingerprint density at radius 2 is 1.07 bits per heavy atom. The lowest BCUT2D eigenvalue weighted by atomic mass is 9.83. The Kier molecular flexibility index (Phi) is 5.39. The second kappa shape index (κ2) is 9.58. The Balaban J connectivity index is 1.41. The molecular formula is C42H28O. The van der Waals surface area contributed by atoms with E-state index in [0.717, 1.165) is 24.0 Å². The van der Waals surface area contributed by atoms with Crippen molar-refractivity contribution < 1.29 is 4.42 Å². The minimum absolute atomic E-state index is 0.936. The van der Waals surface area contributed by atoms with Crippen LogP contribution < -0.4 is 0 Å². The van der Waals surface area contributed by atoms with Gasteiger partial charge in [-0.2, -0.15) is 0 Å². The summed E-state index contributed by atoms with van der Waals surface area (Å²) in [6.45, 7) is 0. The van der Waals surface area contributed by atoms with Crippen LogP contribution in [-0.2, 0) is 6.42 Å². The van der Waals surface area contributed by atoms with Crippen LogP contribution in [0.15, 0.2) is 144 Å². The lowest BCUT2D eigenvalue weighted by molar-refractivity contribution is 0.668. The van der Waals surface area contributed by atoms with Crippen molar-refractivity contribution in [1.29, 1.82) is 0 Å². The van der Waals surface area contributed by atoms with Crippen molar-refractivity contribution in [2.45, 2.75) is 12.8 Å². The van der Waals surface area contributed by atoms with Crippen molar-refractivity contribution in [3.05, 3.63) is 151 Å². The molecule has 1 aliphatic carbocycles. The van der Waals surface area contributed by atoms with E-state index in [9.17, 15) is 0 Å². The summed E-state index contributed by atoms with van der Waals surface area (Å²) in [5.74, 6) is 0. The topological polar surface area (TPSA) is 13.1 Å². The molecular weight excluding hydrogens is 520 g/mol. The van der Waals surface area contributed by atoms with E-state index in [2.05, 4.69) is 146 Å². The van der Waals surface area contributed by atoms with Crippen LogP contribution >= 0.6 is 0 Å². The van der Waals surface area contributed by atoms with E-state index in [-0.39, 0.29) is 0 Å². The van der Waals surface area contributed by atoms with Crippen molar-refractivity contribution in [3.8, 4) is 33.4 Å². The zero-order valence-electron chi connectivity index (χ0n) is 23.7. The zero-order valence-corrected chi connectivity index (χ0v) is 23.7. The fourth-order valence-corrected chi connectivity index (χ4v) is 7.24. The minimum Gasteiger partial charge on any atom is -0.456 e. The van der Waals surface area contributed by atoms with Gasteiger partial charge in [0.05, 0.1) is 0 Å². The van der Waals surface area contributed by atoms with Crippen molar-refractivity contribution in [1.82, 2.24) is 0 Å². The van der Waals surface area contributed by atoms with E-state index in [1.54, 1.807) is 0 Å². The highest BCUT2D eigenvalue weighted by molar-refractivity contribution is 6.26. The summed E-state index contributed by atoms with van der Waals surface area (Å²) in [6, 6.07) is 48.5. The van der Waals surface area contributed by atoms with Crippen LogP contribution in [0.2, 0.25) is 0 Å². The standard InChI is InChI=1S/C42H28O/c1-2-13-27(14-3-1)30-17-6-7-18-31(30)40-32-19-8-10-21-34(32)41(35-22-11-9-20-33(35)40)36-23-12-24-38-42(36)37-25-28-15-4-5-16-29(28)26-39(37)43-38/h1-3,5-14,16-26H,4,15H2. The maximum absolute atomic E-state index is 6.53. The van der Waals surface area contributed by atoms with Crippen LogP contribution in [0, 0.1) is 0 Å². The van der Waals surface area contributed by atoms with Gasteiger partial charge in [-0.05, 0) is 97.1 Å². The number of fused-ring (bicyclic) bond motifs is 6. The molecule has 1 aliphatic rings. The first kappa shape index (κ1) is 24.2. The van der Waals surface area contributed by atoms with E-state index in [1.165, 1.54) is 76.8 Å². The zero-order chi connectivity index (χ0) is 28.3. The predicted molar refractivity (Wildman–Crippen MR) is 182 cm³/mol. The van der Waals surface area contributed by atoms with Crippen molar-refractivity contribution in [2.75, 3.05) is 0 Å². The van der Waals surface area contributed by atoms with Crippen molar-refractivity contribution in [2.24, 2.45) is 0 Å². The molecule has 0 N–H and O–H groups in total. The summed E-state index contributed by atoms with van der Waals surface area (Å²) in [6.07, 6.45) is 6.65. The first-order chi connectivity index (χ1) is 21.3.